The van der Waals surface area contributed by atoms with Crippen molar-refractivity contribution in [1.29, 1.82) is 0 Å². The number of hydrogen-bond donors (Lipinski definition) is 1. The summed E-state index contributed by atoms with van der Waals surface area (Å²) in [6, 6.07) is 0. The molecule has 6 atom stereocenters. The summed E-state index contributed by atoms with van der Waals surface area (Å²) in [7, 11) is 3.63. The Morgan fingerprint density at radius 1 is 1.12 bits per heavy atom. The minimum Gasteiger partial charge on any atom is -0.396 e. The van der Waals surface area contributed by atoms with Crippen LogP contribution < -0.4 is 0 Å². The highest BCUT2D eigenvalue weighted by molar-refractivity contribution is 5.30. The van der Waals surface area contributed by atoms with Gasteiger partial charge in [-0.2, -0.15) is 0 Å². The van der Waals surface area contributed by atoms with Crippen molar-refractivity contribution in [3.05, 3.63) is 11.1 Å². The summed E-state index contributed by atoms with van der Waals surface area (Å²) in [6.45, 7) is 5.22. The van der Waals surface area contributed by atoms with E-state index in [2.05, 4.69) is 13.8 Å². The molecule has 4 aliphatic rings. The van der Waals surface area contributed by atoms with Gasteiger partial charge < -0.3 is 14.6 Å². The highest BCUT2D eigenvalue weighted by Gasteiger charge is 2.56. The molecule has 0 heterocycles. The van der Waals surface area contributed by atoms with Crippen LogP contribution in [0.25, 0.3) is 0 Å². The van der Waals surface area contributed by atoms with Crippen LogP contribution in [0.5, 0.6) is 0 Å². The monoisotopic (exact) mass is 362 g/mol. The second-order valence-corrected chi connectivity index (χ2v) is 9.78. The highest BCUT2D eigenvalue weighted by atomic mass is 16.7. The summed E-state index contributed by atoms with van der Waals surface area (Å²) in [5, 5.41) is 9.91. The van der Waals surface area contributed by atoms with Gasteiger partial charge in [-0.3, -0.25) is 0 Å². The lowest BCUT2D eigenvalue weighted by Crippen LogP contribution is -2.48. The minimum absolute atomic E-state index is 0.382. The fraction of sp³-hybridized carbons (Fsp3) is 0.913. The Balaban J connectivity index is 1.65. The molecule has 2 unspecified atom stereocenters. The van der Waals surface area contributed by atoms with Gasteiger partial charge in [0, 0.05) is 33.7 Å². The van der Waals surface area contributed by atoms with Crippen LogP contribution in [-0.2, 0) is 9.47 Å². The predicted molar refractivity (Wildman–Crippen MR) is 104 cm³/mol. The zero-order valence-corrected chi connectivity index (χ0v) is 17.2. The Morgan fingerprint density at radius 3 is 2.54 bits per heavy atom. The number of aliphatic hydroxyl groups excluding tert-OH is 1. The van der Waals surface area contributed by atoms with Crippen molar-refractivity contribution in [2.45, 2.75) is 77.4 Å². The third-order valence-electron chi connectivity index (χ3n) is 9.16. The first kappa shape index (κ1) is 19.0. The molecule has 0 amide bonds. The van der Waals surface area contributed by atoms with Crippen LogP contribution in [0.4, 0.5) is 0 Å². The van der Waals surface area contributed by atoms with Crippen molar-refractivity contribution in [3.63, 3.8) is 0 Å². The normalized spacial score (nSPS) is 44.4. The fourth-order valence-corrected chi connectivity index (χ4v) is 7.66. The van der Waals surface area contributed by atoms with Gasteiger partial charge in [-0.25, -0.2) is 0 Å². The molecule has 2 saturated carbocycles. The predicted octanol–water partition coefficient (Wildman–Crippen LogP) is 4.94. The second kappa shape index (κ2) is 6.90. The maximum atomic E-state index is 9.91. The van der Waals surface area contributed by atoms with E-state index >= 15 is 0 Å². The molecule has 0 aromatic carbocycles. The first-order valence-corrected chi connectivity index (χ1v) is 10.9. The summed E-state index contributed by atoms with van der Waals surface area (Å²) >= 11 is 0. The van der Waals surface area contributed by atoms with Crippen molar-refractivity contribution in [2.24, 2.45) is 35.0 Å². The first-order valence-electron chi connectivity index (χ1n) is 10.9. The number of aliphatic hydroxyl groups is 1. The molecule has 3 heteroatoms. The van der Waals surface area contributed by atoms with E-state index in [0.29, 0.717) is 23.9 Å². The molecule has 0 aliphatic heterocycles. The molecule has 0 spiro atoms. The van der Waals surface area contributed by atoms with Crippen molar-refractivity contribution >= 4 is 0 Å². The number of ether oxygens (including phenoxy) is 2. The molecule has 148 valence electrons. The number of hydrogen-bond acceptors (Lipinski definition) is 3. The Morgan fingerprint density at radius 2 is 1.88 bits per heavy atom. The third kappa shape index (κ3) is 2.64. The van der Waals surface area contributed by atoms with Crippen molar-refractivity contribution in [2.75, 3.05) is 20.8 Å². The molecule has 4 aliphatic carbocycles. The van der Waals surface area contributed by atoms with Crippen LogP contribution in [-0.4, -0.2) is 31.7 Å². The average Bonchev–Trinajstić information content (AvgIpc) is 3.03. The molecule has 2 fully saturated rings. The number of rotatable bonds is 4. The molecule has 0 aromatic rings. The quantitative estimate of drug-likeness (QED) is 0.569. The topological polar surface area (TPSA) is 38.7 Å². The van der Waals surface area contributed by atoms with Gasteiger partial charge in [0.1, 0.15) is 0 Å². The van der Waals surface area contributed by atoms with Gasteiger partial charge in [0.15, 0.2) is 5.79 Å². The zero-order valence-electron chi connectivity index (χ0n) is 17.2. The van der Waals surface area contributed by atoms with Gasteiger partial charge in [-0.05, 0) is 80.0 Å². The van der Waals surface area contributed by atoms with E-state index in [1.165, 1.54) is 44.9 Å². The van der Waals surface area contributed by atoms with Gasteiger partial charge in [0.05, 0.1) is 0 Å². The Hall–Kier alpha value is -0.380. The molecule has 0 aromatic heterocycles. The highest BCUT2D eigenvalue weighted by Crippen LogP contribution is 2.64. The van der Waals surface area contributed by atoms with Crippen LogP contribution in [0.3, 0.4) is 0 Å². The molecular formula is C23H38O3. The van der Waals surface area contributed by atoms with Crippen molar-refractivity contribution < 1.29 is 14.6 Å². The molecule has 0 bridgehead atoms. The lowest BCUT2D eigenvalue weighted by atomic mass is 9.52. The second-order valence-electron chi connectivity index (χ2n) is 9.78. The molecule has 0 saturated heterocycles. The van der Waals surface area contributed by atoms with Gasteiger partial charge in [0.25, 0.3) is 0 Å². The average molecular weight is 363 g/mol. The minimum atomic E-state index is -0.398. The van der Waals surface area contributed by atoms with Crippen LogP contribution in [0.2, 0.25) is 0 Å². The Kier molecular flexibility index (Phi) is 5.03. The standard InChI is InChI=1S/C23H38O3/c1-5-15-12-23(25-3,26-4)13-16-6-8-18-19(21(15)16)10-11-22(2)17(14-24)7-9-20(18)22/h15,17-20,24H,5-14H2,1-4H3/t15?,17?,18-,19+,20+,22-/m1/s1. The summed E-state index contributed by atoms with van der Waals surface area (Å²) in [5.41, 5.74) is 3.85. The summed E-state index contributed by atoms with van der Waals surface area (Å²) in [5.74, 6) is 3.20. The van der Waals surface area contributed by atoms with E-state index in [0.717, 1.165) is 30.6 Å². The smallest absolute Gasteiger partial charge is 0.171 e. The molecule has 26 heavy (non-hydrogen) atoms. The van der Waals surface area contributed by atoms with Gasteiger partial charge in [-0.1, -0.05) is 25.0 Å². The largest absolute Gasteiger partial charge is 0.396 e. The van der Waals surface area contributed by atoms with E-state index in [9.17, 15) is 5.11 Å². The van der Waals surface area contributed by atoms with Crippen LogP contribution in [0.1, 0.15) is 71.6 Å². The molecule has 1 N–H and O–H groups in total. The molecular weight excluding hydrogens is 324 g/mol. The lowest BCUT2D eigenvalue weighted by molar-refractivity contribution is -0.220. The third-order valence-corrected chi connectivity index (χ3v) is 9.16. The van der Waals surface area contributed by atoms with Crippen molar-refractivity contribution in [1.82, 2.24) is 0 Å². The molecule has 3 nitrogen and oxygen atoms in total. The van der Waals surface area contributed by atoms with Gasteiger partial charge in [-0.15, -0.1) is 0 Å². The fourth-order valence-electron chi connectivity index (χ4n) is 7.66. The Labute approximate surface area is 159 Å². The van der Waals surface area contributed by atoms with E-state index in [4.69, 9.17) is 9.47 Å². The lowest BCUT2D eigenvalue weighted by Gasteiger charge is -2.54. The van der Waals surface area contributed by atoms with Crippen LogP contribution >= 0.6 is 0 Å². The van der Waals surface area contributed by atoms with Gasteiger partial charge >= 0.3 is 0 Å². The SMILES string of the molecule is CCC1CC(OC)(OC)CC2=C1[C@H]1CC[C@]3(C)C(CO)CC[C@H]3[C@@H]1CC2. The molecule has 0 radical (unpaired) electrons. The van der Waals surface area contributed by atoms with Crippen molar-refractivity contribution in [3.8, 4) is 0 Å². The summed E-state index contributed by atoms with van der Waals surface area (Å²) in [6.07, 6.45) is 10.9. The maximum absolute atomic E-state index is 9.91. The first-order chi connectivity index (χ1) is 12.5. The zero-order chi connectivity index (χ0) is 18.5. The number of fused-ring (bicyclic) bond motifs is 4. The van der Waals surface area contributed by atoms with Crippen LogP contribution in [0, 0.1) is 35.0 Å². The molecule has 4 rings (SSSR count). The van der Waals surface area contributed by atoms with Gasteiger partial charge in [0.2, 0.25) is 0 Å². The van der Waals surface area contributed by atoms with Crippen LogP contribution in [0.15, 0.2) is 11.1 Å². The maximum Gasteiger partial charge on any atom is 0.171 e. The van der Waals surface area contributed by atoms with E-state index in [-0.39, 0.29) is 0 Å². The van der Waals surface area contributed by atoms with E-state index < -0.39 is 5.79 Å². The summed E-state index contributed by atoms with van der Waals surface area (Å²) < 4.78 is 11.7. The number of methoxy groups -OCH3 is 2. The van der Waals surface area contributed by atoms with E-state index in [1.54, 1.807) is 5.57 Å². The Bertz CT molecular complexity index is 564. The summed E-state index contributed by atoms with van der Waals surface area (Å²) in [4.78, 5) is 0. The van der Waals surface area contributed by atoms with E-state index in [1.807, 2.05) is 19.8 Å². The number of allylic oxidation sites excluding steroid dienone is 1.